The molecule has 2 aromatic rings. The molecule has 0 fully saturated rings. The van der Waals surface area contributed by atoms with Gasteiger partial charge >= 0.3 is 0 Å². The van der Waals surface area contributed by atoms with Crippen molar-refractivity contribution in [1.82, 2.24) is 0 Å². The minimum absolute atomic E-state index is 0.565. The van der Waals surface area contributed by atoms with Gasteiger partial charge in [0.05, 0.1) is 7.11 Å². The molecular formula is C16H19NO2. The smallest absolute Gasteiger partial charge is 0.122 e. The van der Waals surface area contributed by atoms with Crippen molar-refractivity contribution in [3.8, 4) is 11.5 Å². The van der Waals surface area contributed by atoms with E-state index in [9.17, 15) is 0 Å². The van der Waals surface area contributed by atoms with Crippen molar-refractivity contribution in [2.45, 2.75) is 13.0 Å². The summed E-state index contributed by atoms with van der Waals surface area (Å²) in [5, 5.41) is 0. The molecule has 2 N–H and O–H groups in total. The van der Waals surface area contributed by atoms with E-state index >= 15 is 0 Å². The van der Waals surface area contributed by atoms with Crippen LogP contribution in [0.1, 0.15) is 11.1 Å². The van der Waals surface area contributed by atoms with Gasteiger partial charge < -0.3 is 15.2 Å². The average molecular weight is 257 g/mol. The molecule has 100 valence electrons. The van der Waals surface area contributed by atoms with Gasteiger partial charge in [-0.15, -0.1) is 0 Å². The van der Waals surface area contributed by atoms with E-state index in [4.69, 9.17) is 15.2 Å². The third-order valence-corrected chi connectivity index (χ3v) is 2.91. The van der Waals surface area contributed by atoms with E-state index in [1.807, 2.05) is 48.5 Å². The summed E-state index contributed by atoms with van der Waals surface area (Å²) < 4.78 is 11.1. The summed E-state index contributed by atoms with van der Waals surface area (Å²) in [6.07, 6.45) is 0.783. The fraction of sp³-hybridized carbons (Fsp3) is 0.250. The molecule has 0 atom stereocenters. The Morgan fingerprint density at radius 1 is 1.05 bits per heavy atom. The van der Waals surface area contributed by atoms with Gasteiger partial charge in [-0.05, 0) is 42.3 Å². The Bertz CT molecular complexity index is 511. The summed E-state index contributed by atoms with van der Waals surface area (Å²) in [7, 11) is 1.67. The van der Waals surface area contributed by atoms with Gasteiger partial charge in [0.1, 0.15) is 18.1 Å². The quantitative estimate of drug-likeness (QED) is 0.865. The van der Waals surface area contributed by atoms with Crippen molar-refractivity contribution in [1.29, 1.82) is 0 Å². The first kappa shape index (κ1) is 13.4. The Kier molecular flexibility index (Phi) is 4.81. The fourth-order valence-electron chi connectivity index (χ4n) is 1.94. The Balaban J connectivity index is 2.06. The van der Waals surface area contributed by atoms with E-state index in [2.05, 4.69) is 0 Å². The van der Waals surface area contributed by atoms with Gasteiger partial charge in [-0.1, -0.05) is 30.3 Å². The maximum atomic E-state index is 5.78. The molecule has 3 nitrogen and oxygen atoms in total. The number of ether oxygens (including phenoxy) is 2. The lowest BCUT2D eigenvalue weighted by Crippen LogP contribution is -2.05. The zero-order valence-electron chi connectivity index (χ0n) is 11.1. The number of methoxy groups -OCH3 is 1. The molecule has 0 aliphatic heterocycles. The van der Waals surface area contributed by atoms with Crippen LogP contribution in [0.5, 0.6) is 11.5 Å². The third-order valence-electron chi connectivity index (χ3n) is 2.91. The lowest BCUT2D eigenvalue weighted by molar-refractivity contribution is 0.305. The highest BCUT2D eigenvalue weighted by atomic mass is 16.5. The SMILES string of the molecule is COc1ccc(OCc2ccccc2)cc1CCN. The predicted octanol–water partition coefficient (Wildman–Crippen LogP) is 2.78. The summed E-state index contributed by atoms with van der Waals surface area (Å²) >= 11 is 0. The molecule has 0 spiro atoms. The predicted molar refractivity (Wildman–Crippen MR) is 76.5 cm³/mol. The minimum atomic E-state index is 0.565. The van der Waals surface area contributed by atoms with Crippen molar-refractivity contribution < 1.29 is 9.47 Å². The monoisotopic (exact) mass is 257 g/mol. The summed E-state index contributed by atoms with van der Waals surface area (Å²) in [5.74, 6) is 1.70. The van der Waals surface area contributed by atoms with E-state index < -0.39 is 0 Å². The molecule has 0 aromatic heterocycles. The highest BCUT2D eigenvalue weighted by Crippen LogP contribution is 2.24. The van der Waals surface area contributed by atoms with E-state index in [-0.39, 0.29) is 0 Å². The van der Waals surface area contributed by atoms with E-state index in [0.29, 0.717) is 13.2 Å². The maximum Gasteiger partial charge on any atom is 0.122 e. The molecule has 3 heteroatoms. The molecule has 0 saturated carbocycles. The Morgan fingerprint density at radius 2 is 1.84 bits per heavy atom. The van der Waals surface area contributed by atoms with Gasteiger partial charge in [0.2, 0.25) is 0 Å². The molecule has 2 aromatic carbocycles. The van der Waals surface area contributed by atoms with Gasteiger partial charge in [0.15, 0.2) is 0 Å². The largest absolute Gasteiger partial charge is 0.496 e. The van der Waals surface area contributed by atoms with Crippen LogP contribution in [-0.2, 0) is 13.0 Å². The molecule has 19 heavy (non-hydrogen) atoms. The second-order valence-corrected chi connectivity index (χ2v) is 4.29. The van der Waals surface area contributed by atoms with Crippen molar-refractivity contribution >= 4 is 0 Å². The van der Waals surface area contributed by atoms with Crippen LogP contribution in [0.2, 0.25) is 0 Å². The van der Waals surface area contributed by atoms with Crippen LogP contribution in [0, 0.1) is 0 Å². The van der Waals surface area contributed by atoms with E-state index in [1.165, 1.54) is 0 Å². The molecule has 0 radical (unpaired) electrons. The van der Waals surface area contributed by atoms with Crippen LogP contribution in [0.25, 0.3) is 0 Å². The van der Waals surface area contributed by atoms with Crippen molar-refractivity contribution in [3.05, 3.63) is 59.7 Å². The Hall–Kier alpha value is -2.00. The number of hydrogen-bond donors (Lipinski definition) is 1. The molecule has 0 amide bonds. The maximum absolute atomic E-state index is 5.78. The summed E-state index contributed by atoms with van der Waals surface area (Å²) in [5.41, 5.74) is 7.83. The zero-order chi connectivity index (χ0) is 13.5. The first-order valence-corrected chi connectivity index (χ1v) is 6.37. The molecule has 0 heterocycles. The first-order chi connectivity index (χ1) is 9.33. The molecule has 2 rings (SSSR count). The number of rotatable bonds is 6. The van der Waals surface area contributed by atoms with Gasteiger partial charge in [-0.25, -0.2) is 0 Å². The zero-order valence-corrected chi connectivity index (χ0v) is 11.1. The lowest BCUT2D eigenvalue weighted by Gasteiger charge is -2.11. The third kappa shape index (κ3) is 3.73. The Labute approximate surface area is 114 Å². The fourth-order valence-corrected chi connectivity index (χ4v) is 1.94. The molecule has 0 unspecified atom stereocenters. The number of nitrogens with two attached hydrogens (primary N) is 1. The van der Waals surface area contributed by atoms with Crippen LogP contribution in [0.15, 0.2) is 48.5 Å². The van der Waals surface area contributed by atoms with Gasteiger partial charge in [0, 0.05) is 0 Å². The van der Waals surface area contributed by atoms with Gasteiger partial charge in [0.25, 0.3) is 0 Å². The molecule has 0 saturated heterocycles. The van der Waals surface area contributed by atoms with Crippen molar-refractivity contribution in [2.24, 2.45) is 5.73 Å². The standard InChI is InChI=1S/C16H19NO2/c1-18-16-8-7-15(11-14(16)9-10-17)19-12-13-5-3-2-4-6-13/h2-8,11H,9-10,12,17H2,1H3. The Morgan fingerprint density at radius 3 is 2.53 bits per heavy atom. The summed E-state index contributed by atoms with van der Waals surface area (Å²) in [6.45, 7) is 1.16. The number of hydrogen-bond acceptors (Lipinski definition) is 3. The first-order valence-electron chi connectivity index (χ1n) is 6.37. The average Bonchev–Trinajstić information content (AvgIpc) is 2.47. The van der Waals surface area contributed by atoms with Crippen LogP contribution in [-0.4, -0.2) is 13.7 Å². The summed E-state index contributed by atoms with van der Waals surface area (Å²) in [4.78, 5) is 0. The highest BCUT2D eigenvalue weighted by molar-refractivity contribution is 5.40. The van der Waals surface area contributed by atoms with Crippen LogP contribution >= 0.6 is 0 Å². The normalized spacial score (nSPS) is 10.2. The molecule has 0 aliphatic carbocycles. The highest BCUT2D eigenvalue weighted by Gasteiger charge is 2.04. The second-order valence-electron chi connectivity index (χ2n) is 4.29. The van der Waals surface area contributed by atoms with Crippen molar-refractivity contribution in [3.63, 3.8) is 0 Å². The van der Waals surface area contributed by atoms with E-state index in [0.717, 1.165) is 29.0 Å². The minimum Gasteiger partial charge on any atom is -0.496 e. The van der Waals surface area contributed by atoms with Crippen LogP contribution < -0.4 is 15.2 Å². The van der Waals surface area contributed by atoms with Crippen LogP contribution in [0.4, 0.5) is 0 Å². The number of benzene rings is 2. The van der Waals surface area contributed by atoms with Gasteiger partial charge in [-0.2, -0.15) is 0 Å². The lowest BCUT2D eigenvalue weighted by atomic mass is 10.1. The molecule has 0 bridgehead atoms. The van der Waals surface area contributed by atoms with Gasteiger partial charge in [-0.3, -0.25) is 0 Å². The van der Waals surface area contributed by atoms with Crippen LogP contribution in [0.3, 0.4) is 0 Å². The van der Waals surface area contributed by atoms with E-state index in [1.54, 1.807) is 7.11 Å². The molecular weight excluding hydrogens is 238 g/mol. The topological polar surface area (TPSA) is 44.5 Å². The summed E-state index contributed by atoms with van der Waals surface area (Å²) in [6, 6.07) is 15.9. The van der Waals surface area contributed by atoms with Crippen molar-refractivity contribution in [2.75, 3.05) is 13.7 Å². The second kappa shape index (κ2) is 6.81. The molecule has 0 aliphatic rings.